The van der Waals surface area contributed by atoms with Crippen LogP contribution in [0.2, 0.25) is 0 Å². The predicted molar refractivity (Wildman–Crippen MR) is 36.6 cm³/mol. The monoisotopic (exact) mass is 150 g/mol. The topological polar surface area (TPSA) is 38.8 Å². The quantitative estimate of drug-likeness (QED) is 0.335. The maximum absolute atomic E-state index is 10.8. The highest BCUT2D eigenvalue weighted by Gasteiger charge is 2.32. The number of rotatable bonds is 3. The first kappa shape index (κ1) is 6.25. The van der Waals surface area contributed by atoms with Crippen LogP contribution in [0.15, 0.2) is 29.7 Å². The molecule has 0 aromatic carbocycles. The molecule has 0 amide bonds. The molecular formula is C8H6O3. The lowest BCUT2D eigenvalue weighted by Crippen LogP contribution is -2.08. The third kappa shape index (κ3) is 1.33. The van der Waals surface area contributed by atoms with Crippen LogP contribution in [0, 0.1) is 0 Å². The van der Waals surface area contributed by atoms with Gasteiger partial charge in [0.2, 0.25) is 0 Å². The van der Waals surface area contributed by atoms with Crippen molar-refractivity contribution in [2.24, 2.45) is 0 Å². The fourth-order valence-corrected chi connectivity index (χ4v) is 0.659. The molecule has 1 aliphatic carbocycles. The second kappa shape index (κ2) is 2.01. The summed E-state index contributed by atoms with van der Waals surface area (Å²) in [6.07, 6.45) is 1.52. The van der Waals surface area contributed by atoms with Gasteiger partial charge in [0.05, 0.1) is 0 Å². The van der Waals surface area contributed by atoms with E-state index in [2.05, 4.69) is 12.3 Å². The summed E-state index contributed by atoms with van der Waals surface area (Å²) in [5.74, 6) is 0.365. The minimum atomic E-state index is -0.326. The van der Waals surface area contributed by atoms with Gasteiger partial charge in [0.25, 0.3) is 0 Å². The number of esters is 1. The summed E-state index contributed by atoms with van der Waals surface area (Å²) in [7, 11) is 0. The van der Waals surface area contributed by atoms with Gasteiger partial charge in [0.1, 0.15) is 17.9 Å². The van der Waals surface area contributed by atoms with E-state index < -0.39 is 0 Å². The molecule has 0 aromatic rings. The molecule has 3 heteroatoms. The van der Waals surface area contributed by atoms with Crippen molar-refractivity contribution >= 4 is 5.97 Å². The molecule has 1 saturated heterocycles. The van der Waals surface area contributed by atoms with Gasteiger partial charge < -0.3 is 9.47 Å². The maximum atomic E-state index is 10.8. The van der Waals surface area contributed by atoms with E-state index in [4.69, 9.17) is 9.47 Å². The van der Waals surface area contributed by atoms with Gasteiger partial charge in [0, 0.05) is 6.08 Å². The van der Waals surface area contributed by atoms with E-state index in [1.807, 2.05) is 0 Å². The zero-order valence-corrected chi connectivity index (χ0v) is 5.79. The highest BCUT2D eigenvalue weighted by molar-refractivity contribution is 5.95. The molecule has 1 fully saturated rings. The summed E-state index contributed by atoms with van der Waals surface area (Å²) in [5.41, 5.74) is 3.17. The van der Waals surface area contributed by atoms with Gasteiger partial charge in [-0.25, -0.2) is 4.79 Å². The van der Waals surface area contributed by atoms with Crippen LogP contribution in [0.3, 0.4) is 0 Å². The van der Waals surface area contributed by atoms with Crippen LogP contribution >= 0.6 is 0 Å². The molecule has 2 rings (SSSR count). The zero-order valence-electron chi connectivity index (χ0n) is 5.79. The van der Waals surface area contributed by atoms with Crippen molar-refractivity contribution in [2.45, 2.75) is 6.10 Å². The van der Waals surface area contributed by atoms with E-state index in [9.17, 15) is 4.79 Å². The van der Waals surface area contributed by atoms with Crippen molar-refractivity contribution in [3.63, 3.8) is 0 Å². The molecule has 1 aliphatic heterocycles. The Morgan fingerprint density at radius 1 is 1.91 bits per heavy atom. The normalized spacial score (nSPS) is 23.8. The van der Waals surface area contributed by atoms with Crippen molar-refractivity contribution < 1.29 is 14.3 Å². The zero-order chi connectivity index (χ0) is 7.84. The van der Waals surface area contributed by atoms with Crippen LogP contribution in [-0.2, 0) is 14.3 Å². The first-order valence-electron chi connectivity index (χ1n) is 3.26. The van der Waals surface area contributed by atoms with E-state index in [-0.39, 0.29) is 18.7 Å². The maximum Gasteiger partial charge on any atom is 0.346 e. The van der Waals surface area contributed by atoms with Crippen LogP contribution in [-0.4, -0.2) is 18.7 Å². The minimum absolute atomic E-state index is 0.0710. The molecule has 0 radical (unpaired) electrons. The van der Waals surface area contributed by atoms with E-state index in [0.29, 0.717) is 11.3 Å². The van der Waals surface area contributed by atoms with Crippen molar-refractivity contribution in [1.29, 1.82) is 0 Å². The average molecular weight is 150 g/mol. The van der Waals surface area contributed by atoms with E-state index in [1.165, 1.54) is 0 Å². The molecule has 3 nitrogen and oxygen atoms in total. The standard InChI is InChI=1S/C8H6O3/c1-5-7(11-5)4-10-8(9)6-2-3-6/h2,7H,1,4H2. The highest BCUT2D eigenvalue weighted by Crippen LogP contribution is 2.24. The number of epoxide rings is 1. The SMILES string of the molecule is C=C1OC1COC(=O)C1=C=C1. The highest BCUT2D eigenvalue weighted by atomic mass is 16.6. The predicted octanol–water partition coefficient (Wildman–Crippen LogP) is 0.537. The lowest BCUT2D eigenvalue weighted by atomic mass is 10.4. The molecular weight excluding hydrogens is 144 g/mol. The Morgan fingerprint density at radius 2 is 2.55 bits per heavy atom. The summed E-state index contributed by atoms with van der Waals surface area (Å²) in [6, 6.07) is 0. The van der Waals surface area contributed by atoms with E-state index in [0.717, 1.165) is 0 Å². The summed E-state index contributed by atoms with van der Waals surface area (Å²) < 4.78 is 9.66. The van der Waals surface area contributed by atoms with Gasteiger partial charge in [-0.15, -0.1) is 5.73 Å². The molecule has 1 heterocycles. The summed E-state index contributed by atoms with van der Waals surface area (Å²) in [5, 5.41) is 0. The number of hydrogen-bond acceptors (Lipinski definition) is 3. The Kier molecular flexibility index (Phi) is 1.14. The Morgan fingerprint density at radius 3 is 3.00 bits per heavy atom. The first-order chi connectivity index (χ1) is 5.27. The summed E-state index contributed by atoms with van der Waals surface area (Å²) >= 11 is 0. The Hall–Kier alpha value is -1.47. The molecule has 1 atom stereocenters. The smallest absolute Gasteiger partial charge is 0.346 e. The van der Waals surface area contributed by atoms with Gasteiger partial charge in [0.15, 0.2) is 6.10 Å². The molecule has 2 aliphatic rings. The molecule has 0 bridgehead atoms. The lowest BCUT2D eigenvalue weighted by Gasteiger charge is -1.95. The fourth-order valence-electron chi connectivity index (χ4n) is 0.659. The molecule has 1 unspecified atom stereocenters. The van der Waals surface area contributed by atoms with E-state index in [1.54, 1.807) is 6.08 Å². The van der Waals surface area contributed by atoms with Crippen LogP contribution in [0.25, 0.3) is 0 Å². The van der Waals surface area contributed by atoms with Gasteiger partial charge in [-0.1, -0.05) is 6.58 Å². The van der Waals surface area contributed by atoms with Gasteiger partial charge in [-0.2, -0.15) is 0 Å². The number of carbonyl (C=O) groups is 1. The van der Waals surface area contributed by atoms with Crippen molar-refractivity contribution in [2.75, 3.05) is 6.61 Å². The third-order valence-corrected chi connectivity index (χ3v) is 1.47. The Bertz CT molecular complexity index is 294. The van der Waals surface area contributed by atoms with Crippen LogP contribution in [0.1, 0.15) is 0 Å². The van der Waals surface area contributed by atoms with Gasteiger partial charge in [-0.3, -0.25) is 0 Å². The van der Waals surface area contributed by atoms with Gasteiger partial charge >= 0.3 is 5.97 Å². The van der Waals surface area contributed by atoms with Crippen LogP contribution in [0.5, 0.6) is 0 Å². The molecule has 56 valence electrons. The van der Waals surface area contributed by atoms with E-state index >= 15 is 0 Å². The van der Waals surface area contributed by atoms with Crippen molar-refractivity contribution in [3.05, 3.63) is 29.7 Å². The Balaban J connectivity index is 1.70. The molecule has 0 N–H and O–H groups in total. The second-order valence-electron chi connectivity index (χ2n) is 2.37. The minimum Gasteiger partial charge on any atom is -0.480 e. The van der Waals surface area contributed by atoms with Crippen molar-refractivity contribution in [1.82, 2.24) is 0 Å². The van der Waals surface area contributed by atoms with Gasteiger partial charge in [-0.05, 0) is 0 Å². The molecule has 11 heavy (non-hydrogen) atoms. The summed E-state index contributed by atoms with van der Waals surface area (Å²) in [4.78, 5) is 10.8. The lowest BCUT2D eigenvalue weighted by molar-refractivity contribution is -0.138. The molecule has 0 spiro atoms. The fraction of sp³-hybridized carbons (Fsp3) is 0.250. The van der Waals surface area contributed by atoms with Crippen molar-refractivity contribution in [3.8, 4) is 0 Å². The third-order valence-electron chi connectivity index (χ3n) is 1.47. The van der Waals surface area contributed by atoms with Crippen LogP contribution < -0.4 is 0 Å². The number of carbonyl (C=O) groups excluding carboxylic acids is 1. The number of hydrogen-bond donors (Lipinski definition) is 0. The second-order valence-corrected chi connectivity index (χ2v) is 2.37. The first-order valence-corrected chi connectivity index (χ1v) is 3.26. The van der Waals surface area contributed by atoms with Crippen LogP contribution in [0.4, 0.5) is 0 Å². The summed E-state index contributed by atoms with van der Waals surface area (Å²) in [6.45, 7) is 3.82. The molecule has 0 saturated carbocycles. The number of ether oxygens (including phenoxy) is 2. The average Bonchev–Trinajstić information content (AvgIpc) is 2.77. The largest absolute Gasteiger partial charge is 0.480 e. The Labute approximate surface area is 63.6 Å². The molecule has 0 aromatic heterocycles.